The second-order valence-electron chi connectivity index (χ2n) is 4.37. The molecule has 0 bridgehead atoms. The summed E-state index contributed by atoms with van der Waals surface area (Å²) in [5.74, 6) is 1.13. The highest BCUT2D eigenvalue weighted by Gasteiger charge is 2.27. The van der Waals surface area contributed by atoms with E-state index in [9.17, 15) is 8.42 Å². The fourth-order valence-corrected chi connectivity index (χ4v) is 3.92. The predicted molar refractivity (Wildman–Crippen MR) is 67.4 cm³/mol. The number of thiophene rings is 1. The fraction of sp³-hybridized carbons (Fsp3) is 0.636. The van der Waals surface area contributed by atoms with Gasteiger partial charge >= 0.3 is 0 Å². The van der Waals surface area contributed by atoms with Crippen LogP contribution < -0.4 is 5.32 Å². The second kappa shape index (κ2) is 5.29. The van der Waals surface area contributed by atoms with Crippen molar-refractivity contribution in [3.8, 4) is 0 Å². The zero-order valence-electron chi connectivity index (χ0n) is 9.19. The van der Waals surface area contributed by atoms with Crippen molar-refractivity contribution in [2.75, 3.05) is 18.1 Å². The minimum absolute atomic E-state index is 0.271. The smallest absolute Gasteiger partial charge is 0.151 e. The topological polar surface area (TPSA) is 46.2 Å². The molecule has 0 saturated heterocycles. The van der Waals surface area contributed by atoms with Crippen LogP contribution in [0.3, 0.4) is 0 Å². The van der Waals surface area contributed by atoms with E-state index in [1.165, 1.54) is 5.56 Å². The zero-order valence-corrected chi connectivity index (χ0v) is 10.8. The molecule has 1 aliphatic carbocycles. The molecule has 1 aliphatic rings. The van der Waals surface area contributed by atoms with Crippen molar-refractivity contribution in [3.05, 3.63) is 22.4 Å². The molecule has 1 aromatic heterocycles. The van der Waals surface area contributed by atoms with E-state index in [4.69, 9.17) is 0 Å². The summed E-state index contributed by atoms with van der Waals surface area (Å²) in [6, 6.07) is 2.05. The molecule has 1 aromatic rings. The Morgan fingerprint density at radius 2 is 2.25 bits per heavy atom. The third kappa shape index (κ3) is 4.23. The Hall–Kier alpha value is -0.390. The van der Waals surface area contributed by atoms with Crippen molar-refractivity contribution in [1.29, 1.82) is 0 Å². The van der Waals surface area contributed by atoms with E-state index in [0.717, 1.165) is 19.4 Å². The van der Waals surface area contributed by atoms with E-state index in [-0.39, 0.29) is 5.75 Å². The van der Waals surface area contributed by atoms with Crippen molar-refractivity contribution in [2.24, 2.45) is 5.92 Å². The Morgan fingerprint density at radius 1 is 1.44 bits per heavy atom. The summed E-state index contributed by atoms with van der Waals surface area (Å²) in [6.45, 7) is 1.33. The molecule has 2 rings (SSSR count). The first-order valence-electron chi connectivity index (χ1n) is 5.58. The summed E-state index contributed by atoms with van der Waals surface area (Å²) in [5.41, 5.74) is 1.23. The van der Waals surface area contributed by atoms with Gasteiger partial charge in [-0.05, 0) is 41.1 Å². The lowest BCUT2D eigenvalue weighted by Gasteiger charge is -2.04. The van der Waals surface area contributed by atoms with E-state index in [2.05, 4.69) is 16.8 Å². The molecule has 3 nitrogen and oxygen atoms in total. The molecule has 1 heterocycles. The van der Waals surface area contributed by atoms with Gasteiger partial charge in [-0.1, -0.05) is 0 Å². The number of hydrogen-bond acceptors (Lipinski definition) is 4. The molecule has 5 heteroatoms. The molecule has 0 atom stereocenters. The minimum Gasteiger partial charge on any atom is -0.312 e. The summed E-state index contributed by atoms with van der Waals surface area (Å²) in [7, 11) is -2.82. The van der Waals surface area contributed by atoms with Crippen molar-refractivity contribution < 1.29 is 8.42 Å². The van der Waals surface area contributed by atoms with Gasteiger partial charge in [0.1, 0.15) is 0 Å². The average molecular weight is 259 g/mol. The molecule has 0 radical (unpaired) electrons. The molecule has 90 valence electrons. The van der Waals surface area contributed by atoms with Gasteiger partial charge in [-0.15, -0.1) is 0 Å². The second-order valence-corrected chi connectivity index (χ2v) is 7.37. The van der Waals surface area contributed by atoms with Gasteiger partial charge in [0.15, 0.2) is 9.84 Å². The molecule has 1 saturated carbocycles. The third-order valence-electron chi connectivity index (χ3n) is 2.69. The molecular formula is C11H17NO2S2. The first-order valence-corrected chi connectivity index (χ1v) is 8.34. The van der Waals surface area contributed by atoms with Crippen LogP contribution in [0, 0.1) is 5.92 Å². The molecule has 1 N–H and O–H groups in total. The van der Waals surface area contributed by atoms with Gasteiger partial charge < -0.3 is 5.32 Å². The SMILES string of the molecule is O=S(=O)(CCNCc1ccsc1)CC1CC1. The third-order valence-corrected chi connectivity index (χ3v) is 5.22. The number of hydrogen-bond donors (Lipinski definition) is 1. The Morgan fingerprint density at radius 3 is 2.88 bits per heavy atom. The molecule has 0 aromatic carbocycles. The lowest BCUT2D eigenvalue weighted by Crippen LogP contribution is -2.24. The molecule has 16 heavy (non-hydrogen) atoms. The highest BCUT2D eigenvalue weighted by atomic mass is 32.2. The molecule has 1 fully saturated rings. The van der Waals surface area contributed by atoms with Crippen LogP contribution in [0.4, 0.5) is 0 Å². The van der Waals surface area contributed by atoms with Crippen LogP contribution in [0.2, 0.25) is 0 Å². The molecule has 0 unspecified atom stereocenters. The maximum Gasteiger partial charge on any atom is 0.151 e. The van der Waals surface area contributed by atoms with E-state index in [1.54, 1.807) is 11.3 Å². The van der Waals surface area contributed by atoms with Gasteiger partial charge in [-0.25, -0.2) is 8.42 Å². The van der Waals surface area contributed by atoms with Crippen LogP contribution in [0.1, 0.15) is 18.4 Å². The van der Waals surface area contributed by atoms with E-state index in [1.807, 2.05) is 5.38 Å². The predicted octanol–water partition coefficient (Wildman–Crippen LogP) is 1.66. The largest absolute Gasteiger partial charge is 0.312 e. The van der Waals surface area contributed by atoms with Crippen molar-refractivity contribution in [1.82, 2.24) is 5.32 Å². The lowest BCUT2D eigenvalue weighted by molar-refractivity contribution is 0.587. The van der Waals surface area contributed by atoms with Gasteiger partial charge in [0.2, 0.25) is 0 Å². The van der Waals surface area contributed by atoms with Gasteiger partial charge in [0, 0.05) is 13.1 Å². The summed E-state index contributed by atoms with van der Waals surface area (Å²) in [5, 5.41) is 7.27. The standard InChI is InChI=1S/C11H17NO2S2/c13-16(14,9-10-1-2-10)6-4-12-7-11-3-5-15-8-11/h3,5,8,10,12H,1-2,4,6-7,9H2. The fourth-order valence-electron chi connectivity index (χ4n) is 1.58. The first-order chi connectivity index (χ1) is 7.66. The van der Waals surface area contributed by atoms with Crippen LogP contribution in [-0.4, -0.2) is 26.5 Å². The highest BCUT2D eigenvalue weighted by molar-refractivity contribution is 7.91. The van der Waals surface area contributed by atoms with E-state index < -0.39 is 9.84 Å². The number of nitrogens with one attached hydrogen (secondary N) is 1. The van der Waals surface area contributed by atoms with Crippen LogP contribution in [-0.2, 0) is 16.4 Å². The molecular weight excluding hydrogens is 242 g/mol. The van der Waals surface area contributed by atoms with Gasteiger partial charge in [-0.2, -0.15) is 11.3 Å². The Bertz CT molecular complexity index is 407. The van der Waals surface area contributed by atoms with E-state index in [0.29, 0.717) is 18.2 Å². The van der Waals surface area contributed by atoms with Crippen LogP contribution in [0.5, 0.6) is 0 Å². The van der Waals surface area contributed by atoms with Gasteiger partial charge in [0.05, 0.1) is 11.5 Å². The van der Waals surface area contributed by atoms with Crippen LogP contribution in [0.15, 0.2) is 16.8 Å². The molecule has 0 spiro atoms. The van der Waals surface area contributed by atoms with Crippen LogP contribution in [0.25, 0.3) is 0 Å². The highest BCUT2D eigenvalue weighted by Crippen LogP contribution is 2.30. The Balaban J connectivity index is 1.63. The van der Waals surface area contributed by atoms with Crippen molar-refractivity contribution in [3.63, 3.8) is 0 Å². The maximum atomic E-state index is 11.6. The maximum absolute atomic E-state index is 11.6. The average Bonchev–Trinajstić information content (AvgIpc) is 2.86. The quantitative estimate of drug-likeness (QED) is 0.758. The normalized spacial score (nSPS) is 16.5. The van der Waals surface area contributed by atoms with Gasteiger partial charge in [0.25, 0.3) is 0 Å². The lowest BCUT2D eigenvalue weighted by atomic mass is 10.3. The minimum atomic E-state index is -2.82. The summed E-state index contributed by atoms with van der Waals surface area (Å²) in [4.78, 5) is 0. The van der Waals surface area contributed by atoms with E-state index >= 15 is 0 Å². The zero-order chi connectivity index (χ0) is 11.4. The summed E-state index contributed by atoms with van der Waals surface area (Å²) >= 11 is 1.66. The molecule has 0 amide bonds. The first kappa shape index (κ1) is 12.1. The van der Waals surface area contributed by atoms with Crippen LogP contribution >= 0.6 is 11.3 Å². The Kier molecular flexibility index (Phi) is 4.00. The number of sulfone groups is 1. The molecule has 0 aliphatic heterocycles. The van der Waals surface area contributed by atoms with Gasteiger partial charge in [-0.3, -0.25) is 0 Å². The number of rotatable bonds is 7. The van der Waals surface area contributed by atoms with Crippen molar-refractivity contribution >= 4 is 21.2 Å². The van der Waals surface area contributed by atoms with Crippen molar-refractivity contribution in [2.45, 2.75) is 19.4 Å². The summed E-state index contributed by atoms with van der Waals surface area (Å²) in [6.07, 6.45) is 2.20. The summed E-state index contributed by atoms with van der Waals surface area (Å²) < 4.78 is 23.2. The monoisotopic (exact) mass is 259 g/mol. The Labute approximate surface area is 101 Å².